The van der Waals surface area contributed by atoms with E-state index in [9.17, 15) is 19.8 Å². The number of para-hydroxylation sites is 2. The summed E-state index contributed by atoms with van der Waals surface area (Å²) in [5.74, 6) is -3.25. The van der Waals surface area contributed by atoms with E-state index in [2.05, 4.69) is 12.7 Å². The smallest absolute Gasteiger partial charge is 0.335 e. The molecule has 0 bridgehead atoms. The largest absolute Gasteiger partial charge is 0.872 e. The normalized spacial score (nSPS) is 8.93. The molecule has 156 valence electrons. The number of rotatable bonds is 6. The zero-order valence-electron chi connectivity index (χ0n) is 16.4. The summed E-state index contributed by atoms with van der Waals surface area (Å²) in [6.45, 7) is 3.34. The van der Waals surface area contributed by atoms with Crippen LogP contribution >= 0.6 is 0 Å². The van der Waals surface area contributed by atoms with Crippen LogP contribution in [0.5, 0.6) is 11.5 Å². The van der Waals surface area contributed by atoms with Crippen LogP contribution in [0.3, 0.4) is 0 Å². The molecule has 0 spiro atoms. The number of carbonyl (C=O) groups is 2. The van der Waals surface area contributed by atoms with Gasteiger partial charge in [0.25, 0.3) is 0 Å². The molecule has 2 aromatic carbocycles. The van der Waals surface area contributed by atoms with E-state index < -0.39 is 23.4 Å². The van der Waals surface area contributed by atoms with Crippen LogP contribution in [0.15, 0.2) is 48.5 Å². The fourth-order valence-electron chi connectivity index (χ4n) is 1.89. The molecule has 0 saturated heterocycles. The van der Waals surface area contributed by atoms with Crippen LogP contribution in [0.25, 0.3) is 0 Å². The predicted octanol–water partition coefficient (Wildman–Crippen LogP) is 2.10. The molecule has 0 aromatic heterocycles. The van der Waals surface area contributed by atoms with Crippen LogP contribution in [0, 0.1) is 0 Å². The van der Waals surface area contributed by atoms with Gasteiger partial charge >= 0.3 is 11.9 Å². The molecule has 28 heavy (non-hydrogen) atoms. The number of hydrogen-bond acceptors (Lipinski definition) is 4. The summed E-state index contributed by atoms with van der Waals surface area (Å²) in [5.41, 5.74) is 3.40. The Labute approximate surface area is 164 Å². The van der Waals surface area contributed by atoms with Crippen molar-refractivity contribution in [3.8, 4) is 11.5 Å². The van der Waals surface area contributed by atoms with Gasteiger partial charge in [-0.15, -0.1) is 0 Å². The van der Waals surface area contributed by atoms with Gasteiger partial charge in [-0.05, 0) is 25.0 Å². The van der Waals surface area contributed by atoms with Crippen molar-refractivity contribution in [2.75, 3.05) is 6.54 Å². The maximum Gasteiger partial charge on any atom is 0.335 e. The molecule has 8 heteroatoms. The molecule has 0 aliphatic carbocycles. The summed E-state index contributed by atoms with van der Waals surface area (Å²) in [7, 11) is 0. The standard InChI is InChI=1S/2C7H6O3.C6H15N.H3N/c2*8-6-4-2-1-3-5(6)7(9)10;1-2-3-4-5-6-7;/h2*1-4,8H,(H,9,10);2-7H2,1H3;1H3. The van der Waals surface area contributed by atoms with Gasteiger partial charge in [0.15, 0.2) is 0 Å². The molecule has 0 unspecified atom stereocenters. The first-order valence-electron chi connectivity index (χ1n) is 8.63. The van der Waals surface area contributed by atoms with Crippen LogP contribution in [0.4, 0.5) is 0 Å². The number of unbranched alkanes of at least 4 members (excludes halogenated alkanes) is 3. The maximum atomic E-state index is 10.7. The highest BCUT2D eigenvalue weighted by atomic mass is 16.4. The first-order valence-corrected chi connectivity index (χ1v) is 8.63. The van der Waals surface area contributed by atoms with E-state index in [0.29, 0.717) is 0 Å². The maximum absolute atomic E-state index is 10.7. The van der Waals surface area contributed by atoms with Crippen molar-refractivity contribution < 1.29 is 35.7 Å². The van der Waals surface area contributed by atoms with Crippen molar-refractivity contribution in [1.82, 2.24) is 6.15 Å². The molecule has 0 aliphatic rings. The van der Waals surface area contributed by atoms with Crippen molar-refractivity contribution in [3.63, 3.8) is 0 Å². The number of hydrogen-bond donors (Lipinski definition) is 4. The lowest BCUT2D eigenvalue weighted by molar-refractivity contribution is -0.368. The van der Waals surface area contributed by atoms with Crippen molar-refractivity contribution in [3.05, 3.63) is 59.7 Å². The molecule has 0 amide bonds. The third-order valence-corrected chi connectivity index (χ3v) is 3.34. The summed E-state index contributed by atoms with van der Waals surface area (Å²) < 4.78 is 0. The number of aromatic carboxylic acids is 2. The van der Waals surface area contributed by atoms with Crippen molar-refractivity contribution in [2.24, 2.45) is 0 Å². The fraction of sp³-hybridized carbons (Fsp3) is 0.300. The first kappa shape index (κ1) is 27.1. The van der Waals surface area contributed by atoms with E-state index in [1.54, 1.807) is 0 Å². The third kappa shape index (κ3) is 11.5. The summed E-state index contributed by atoms with van der Waals surface area (Å²) in [4.78, 5) is 20.4. The minimum absolute atomic E-state index is 0. The van der Waals surface area contributed by atoms with E-state index in [1.807, 2.05) is 0 Å². The quantitative estimate of drug-likeness (QED) is 0.543. The third-order valence-electron chi connectivity index (χ3n) is 3.34. The minimum atomic E-state index is -1.18. The molecule has 0 aliphatic heterocycles. The molecule has 0 heterocycles. The van der Waals surface area contributed by atoms with Gasteiger partial charge in [-0.3, -0.25) is 0 Å². The Morgan fingerprint density at radius 3 is 1.46 bits per heavy atom. The zero-order chi connectivity index (χ0) is 20.7. The van der Waals surface area contributed by atoms with E-state index in [-0.39, 0.29) is 17.3 Å². The molecular formula is C20H30N2O6. The van der Waals surface area contributed by atoms with E-state index in [0.717, 1.165) is 6.54 Å². The molecule has 8 nitrogen and oxygen atoms in total. The Morgan fingerprint density at radius 2 is 1.21 bits per heavy atom. The van der Waals surface area contributed by atoms with Crippen LogP contribution in [-0.4, -0.2) is 28.7 Å². The molecular weight excluding hydrogens is 364 g/mol. The fourth-order valence-corrected chi connectivity index (χ4v) is 1.89. The lowest BCUT2D eigenvalue weighted by atomic mass is 10.2. The van der Waals surface area contributed by atoms with Crippen LogP contribution < -0.4 is 22.1 Å². The van der Waals surface area contributed by atoms with E-state index >= 15 is 0 Å². The number of carboxylic acid groups (broad SMARTS) is 2. The second-order valence-corrected chi connectivity index (χ2v) is 5.52. The van der Waals surface area contributed by atoms with Crippen molar-refractivity contribution >= 4 is 11.9 Å². The second kappa shape index (κ2) is 16.1. The van der Waals surface area contributed by atoms with Gasteiger partial charge in [0.2, 0.25) is 0 Å². The molecule has 0 saturated carbocycles. The molecule has 2 aromatic rings. The average molecular weight is 394 g/mol. The van der Waals surface area contributed by atoms with E-state index in [4.69, 9.17) is 10.2 Å². The summed E-state index contributed by atoms with van der Waals surface area (Å²) in [5, 5.41) is 38.1. The molecule has 0 radical (unpaired) electrons. The second-order valence-electron chi connectivity index (χ2n) is 5.52. The molecule has 0 atom stereocenters. The predicted molar refractivity (Wildman–Crippen MR) is 104 cm³/mol. The van der Waals surface area contributed by atoms with Crippen LogP contribution in [-0.2, 0) is 0 Å². The number of quaternary nitrogens is 2. The van der Waals surface area contributed by atoms with Crippen molar-refractivity contribution in [2.45, 2.75) is 32.6 Å². The molecule has 9 N–H and O–H groups in total. The van der Waals surface area contributed by atoms with Gasteiger partial charge in [-0.25, -0.2) is 9.59 Å². The average Bonchev–Trinajstić information content (AvgIpc) is 2.63. The van der Waals surface area contributed by atoms with Gasteiger partial charge < -0.3 is 32.3 Å². The molecule has 0 fully saturated rings. The van der Waals surface area contributed by atoms with Gasteiger partial charge in [0, 0.05) is 0 Å². The highest BCUT2D eigenvalue weighted by Gasteiger charge is 2.00. The Hall–Kier alpha value is -3.10. The van der Waals surface area contributed by atoms with Crippen molar-refractivity contribution in [1.29, 1.82) is 0 Å². The Kier molecular flexibility index (Phi) is 15.6. The van der Waals surface area contributed by atoms with E-state index in [1.165, 1.54) is 74.2 Å². The van der Waals surface area contributed by atoms with Gasteiger partial charge in [-0.1, -0.05) is 67.7 Å². The van der Waals surface area contributed by atoms with Gasteiger partial charge in [0.1, 0.15) is 0 Å². The summed E-state index contributed by atoms with van der Waals surface area (Å²) >= 11 is 0. The van der Waals surface area contributed by atoms with Gasteiger partial charge in [-0.2, -0.15) is 0 Å². The minimum Gasteiger partial charge on any atom is -0.872 e. The Morgan fingerprint density at radius 1 is 0.821 bits per heavy atom. The summed E-state index contributed by atoms with van der Waals surface area (Å²) in [6.07, 6.45) is 5.41. The first-order chi connectivity index (χ1) is 12.8. The molecule has 2 rings (SSSR count). The highest BCUT2D eigenvalue weighted by Crippen LogP contribution is 2.11. The number of benzene rings is 2. The van der Waals surface area contributed by atoms with Gasteiger partial charge in [0.05, 0.1) is 17.7 Å². The van der Waals surface area contributed by atoms with Crippen LogP contribution in [0.2, 0.25) is 0 Å². The Balaban J connectivity index is 0. The highest BCUT2D eigenvalue weighted by molar-refractivity contribution is 5.90. The lowest BCUT2D eigenvalue weighted by Gasteiger charge is -2.07. The number of carboxylic acids is 2. The summed E-state index contributed by atoms with van der Waals surface area (Å²) in [6, 6.07) is 11.1. The monoisotopic (exact) mass is 394 g/mol. The topological polar surface area (TPSA) is 185 Å². The zero-order valence-corrected chi connectivity index (χ0v) is 16.4. The SMILES string of the molecule is CCCCCC[NH3+].O=C(O)c1ccccc1[O-].O=C(O)c1ccccc1[O-].[NH4+]. The Bertz CT molecular complexity index is 647. The lowest BCUT2D eigenvalue weighted by Crippen LogP contribution is -2.50. The van der Waals surface area contributed by atoms with Crippen LogP contribution in [0.1, 0.15) is 53.3 Å².